The molecule has 11 heavy (non-hydrogen) atoms. The number of Topliss-reactive ketones (excluding diaryl/α,β-unsaturated/α-hetero) is 1. The Morgan fingerprint density at radius 1 is 1.73 bits per heavy atom. The molecule has 0 N–H and O–H groups in total. The second-order valence-electron chi connectivity index (χ2n) is 3.31. The van der Waals surface area contributed by atoms with Crippen LogP contribution in [-0.2, 0) is 4.79 Å². The van der Waals surface area contributed by atoms with Gasteiger partial charge in [-0.15, -0.1) is 6.42 Å². The fourth-order valence-electron chi connectivity index (χ4n) is 1.31. The normalized spacial score (nSPS) is 31.0. The molecule has 1 unspecified atom stereocenters. The summed E-state index contributed by atoms with van der Waals surface area (Å²) in [6, 6.07) is 0. The van der Waals surface area contributed by atoms with E-state index in [0.717, 1.165) is 12.0 Å². The van der Waals surface area contributed by atoms with E-state index in [4.69, 9.17) is 6.42 Å². The summed E-state index contributed by atoms with van der Waals surface area (Å²) < 4.78 is 0. The third kappa shape index (κ3) is 1.51. The van der Waals surface area contributed by atoms with Gasteiger partial charge in [-0.05, 0) is 25.8 Å². The highest BCUT2D eigenvalue weighted by molar-refractivity contribution is 5.95. The highest BCUT2D eigenvalue weighted by Crippen LogP contribution is 2.30. The van der Waals surface area contributed by atoms with Crippen LogP contribution in [-0.4, -0.2) is 5.78 Å². The lowest BCUT2D eigenvalue weighted by molar-refractivity contribution is -0.116. The van der Waals surface area contributed by atoms with Gasteiger partial charge in [0.05, 0.1) is 0 Å². The summed E-state index contributed by atoms with van der Waals surface area (Å²) in [6.07, 6.45) is 8.63. The van der Waals surface area contributed by atoms with E-state index in [1.807, 2.05) is 19.9 Å². The summed E-state index contributed by atoms with van der Waals surface area (Å²) in [5, 5.41) is 0. The average Bonchev–Trinajstić information content (AvgIpc) is 1.98. The molecule has 0 aromatic carbocycles. The predicted octanol–water partition coefficient (Wildman–Crippen LogP) is 1.94. The summed E-state index contributed by atoms with van der Waals surface area (Å²) in [5.41, 5.74) is 0.634. The maximum atomic E-state index is 11.1. The SMILES string of the molecule is C#CC1(C)C=C(C)C(=O)CC1. The number of rotatable bonds is 0. The van der Waals surface area contributed by atoms with Crippen molar-refractivity contribution in [2.24, 2.45) is 5.41 Å². The Morgan fingerprint density at radius 2 is 2.36 bits per heavy atom. The Balaban J connectivity index is 2.96. The maximum Gasteiger partial charge on any atom is 0.158 e. The van der Waals surface area contributed by atoms with Gasteiger partial charge in [0.25, 0.3) is 0 Å². The first kappa shape index (κ1) is 8.07. The van der Waals surface area contributed by atoms with Crippen LogP contribution in [0.2, 0.25) is 0 Å². The molecule has 58 valence electrons. The molecule has 0 aliphatic heterocycles. The fraction of sp³-hybridized carbons (Fsp3) is 0.500. The minimum atomic E-state index is -0.183. The molecule has 1 heteroatoms. The molecule has 0 spiro atoms. The van der Waals surface area contributed by atoms with Crippen LogP contribution in [0.15, 0.2) is 11.6 Å². The number of terminal acetylenes is 1. The van der Waals surface area contributed by atoms with Crippen molar-refractivity contribution in [3.05, 3.63) is 11.6 Å². The lowest BCUT2D eigenvalue weighted by Crippen LogP contribution is -2.20. The Kier molecular flexibility index (Phi) is 1.87. The van der Waals surface area contributed by atoms with Crippen LogP contribution in [0.5, 0.6) is 0 Å². The van der Waals surface area contributed by atoms with Crippen molar-refractivity contribution in [1.29, 1.82) is 0 Å². The molecule has 0 bridgehead atoms. The molecule has 1 atom stereocenters. The molecule has 0 radical (unpaired) electrons. The third-order valence-electron chi connectivity index (χ3n) is 2.18. The van der Waals surface area contributed by atoms with E-state index >= 15 is 0 Å². The Bertz CT molecular complexity index is 255. The highest BCUT2D eigenvalue weighted by Gasteiger charge is 2.25. The van der Waals surface area contributed by atoms with Gasteiger partial charge in [0, 0.05) is 11.8 Å². The van der Waals surface area contributed by atoms with Gasteiger partial charge in [-0.25, -0.2) is 0 Å². The van der Waals surface area contributed by atoms with Crippen LogP contribution in [0.4, 0.5) is 0 Å². The van der Waals surface area contributed by atoms with Crippen LogP contribution in [0, 0.1) is 17.8 Å². The van der Waals surface area contributed by atoms with E-state index in [1.54, 1.807) is 0 Å². The van der Waals surface area contributed by atoms with Crippen molar-refractivity contribution >= 4 is 5.78 Å². The number of hydrogen-bond acceptors (Lipinski definition) is 1. The molecular formula is C10H12O. The summed E-state index contributed by atoms with van der Waals surface area (Å²) >= 11 is 0. The fourth-order valence-corrected chi connectivity index (χ4v) is 1.31. The Morgan fingerprint density at radius 3 is 2.82 bits per heavy atom. The van der Waals surface area contributed by atoms with E-state index in [1.165, 1.54) is 0 Å². The van der Waals surface area contributed by atoms with Crippen molar-refractivity contribution in [2.45, 2.75) is 26.7 Å². The molecule has 1 aliphatic rings. The molecule has 1 rings (SSSR count). The van der Waals surface area contributed by atoms with E-state index in [0.29, 0.717) is 6.42 Å². The van der Waals surface area contributed by atoms with Crippen molar-refractivity contribution < 1.29 is 4.79 Å². The first-order valence-electron chi connectivity index (χ1n) is 3.78. The van der Waals surface area contributed by atoms with Crippen LogP contribution in [0.25, 0.3) is 0 Å². The monoisotopic (exact) mass is 148 g/mol. The standard InChI is InChI=1S/C10H12O/c1-4-10(3)6-5-9(11)8(2)7-10/h1,7H,5-6H2,2-3H3. The molecule has 0 heterocycles. The number of allylic oxidation sites excluding steroid dienone is 2. The minimum absolute atomic E-state index is 0.183. The van der Waals surface area contributed by atoms with Crippen LogP contribution in [0.1, 0.15) is 26.7 Å². The molecule has 0 aromatic heterocycles. The van der Waals surface area contributed by atoms with Gasteiger partial charge in [0.2, 0.25) is 0 Å². The van der Waals surface area contributed by atoms with Gasteiger partial charge < -0.3 is 0 Å². The van der Waals surface area contributed by atoms with E-state index in [9.17, 15) is 4.79 Å². The van der Waals surface area contributed by atoms with Gasteiger partial charge in [-0.1, -0.05) is 12.0 Å². The topological polar surface area (TPSA) is 17.1 Å². The smallest absolute Gasteiger partial charge is 0.158 e. The second kappa shape index (κ2) is 2.54. The van der Waals surface area contributed by atoms with Gasteiger partial charge in [-0.3, -0.25) is 4.79 Å². The van der Waals surface area contributed by atoms with E-state index < -0.39 is 0 Å². The molecule has 0 fully saturated rings. The van der Waals surface area contributed by atoms with Gasteiger partial charge in [-0.2, -0.15) is 0 Å². The van der Waals surface area contributed by atoms with Gasteiger partial charge in [0.15, 0.2) is 5.78 Å². The van der Waals surface area contributed by atoms with E-state index in [2.05, 4.69) is 5.92 Å². The quantitative estimate of drug-likeness (QED) is 0.480. The van der Waals surface area contributed by atoms with Crippen molar-refractivity contribution in [3.63, 3.8) is 0 Å². The zero-order valence-electron chi connectivity index (χ0n) is 6.98. The van der Waals surface area contributed by atoms with Crippen LogP contribution >= 0.6 is 0 Å². The molecule has 0 saturated heterocycles. The molecule has 0 aromatic rings. The zero-order valence-corrected chi connectivity index (χ0v) is 6.98. The molecule has 1 aliphatic carbocycles. The number of carbonyl (C=O) groups is 1. The second-order valence-corrected chi connectivity index (χ2v) is 3.31. The van der Waals surface area contributed by atoms with Crippen molar-refractivity contribution in [2.75, 3.05) is 0 Å². The van der Waals surface area contributed by atoms with Crippen LogP contribution < -0.4 is 0 Å². The van der Waals surface area contributed by atoms with Crippen molar-refractivity contribution in [3.8, 4) is 12.3 Å². The highest BCUT2D eigenvalue weighted by atomic mass is 16.1. The average molecular weight is 148 g/mol. The summed E-state index contributed by atoms with van der Waals surface area (Å²) in [5.74, 6) is 2.94. The Hall–Kier alpha value is -1.03. The summed E-state index contributed by atoms with van der Waals surface area (Å²) in [4.78, 5) is 11.1. The largest absolute Gasteiger partial charge is 0.295 e. The van der Waals surface area contributed by atoms with Crippen molar-refractivity contribution in [1.82, 2.24) is 0 Å². The lowest BCUT2D eigenvalue weighted by Gasteiger charge is -2.24. The predicted molar refractivity (Wildman–Crippen MR) is 44.9 cm³/mol. The molecular weight excluding hydrogens is 136 g/mol. The van der Waals surface area contributed by atoms with E-state index in [-0.39, 0.29) is 11.2 Å². The van der Waals surface area contributed by atoms with Gasteiger partial charge >= 0.3 is 0 Å². The number of hydrogen-bond donors (Lipinski definition) is 0. The zero-order chi connectivity index (χ0) is 8.48. The number of ketones is 1. The first-order valence-corrected chi connectivity index (χ1v) is 3.78. The minimum Gasteiger partial charge on any atom is -0.295 e. The van der Waals surface area contributed by atoms with Gasteiger partial charge in [0.1, 0.15) is 0 Å². The van der Waals surface area contributed by atoms with Crippen LogP contribution in [0.3, 0.4) is 0 Å². The summed E-state index contributed by atoms with van der Waals surface area (Å²) in [6.45, 7) is 3.82. The molecule has 1 nitrogen and oxygen atoms in total. The maximum absolute atomic E-state index is 11.1. The first-order chi connectivity index (χ1) is 5.07. The third-order valence-corrected chi connectivity index (χ3v) is 2.18. The number of carbonyl (C=O) groups excluding carboxylic acids is 1. The molecule has 0 saturated carbocycles. The summed E-state index contributed by atoms with van der Waals surface area (Å²) in [7, 11) is 0. The lowest BCUT2D eigenvalue weighted by atomic mass is 9.78. The Labute approximate surface area is 67.5 Å². The molecule has 0 amide bonds.